The summed E-state index contributed by atoms with van der Waals surface area (Å²) in [5.41, 5.74) is 0. The molecule has 0 aromatic heterocycles. The quantitative estimate of drug-likeness (QED) is 0.251. The van der Waals surface area contributed by atoms with Crippen molar-refractivity contribution in [2.75, 3.05) is 26.9 Å². The van der Waals surface area contributed by atoms with Crippen LogP contribution >= 0.6 is 0 Å². The van der Waals surface area contributed by atoms with Gasteiger partial charge in [-0.3, -0.25) is 11.7 Å². The lowest BCUT2D eigenvalue weighted by atomic mass is 10.7. The topological polar surface area (TPSA) is 70.5 Å². The van der Waals surface area contributed by atoms with Gasteiger partial charge in [-0.1, -0.05) is 6.92 Å². The Morgan fingerprint density at radius 1 is 1.30 bits per heavy atom. The first-order valence-corrected chi connectivity index (χ1v) is 3.34. The Kier molecular flexibility index (Phi) is 5.46. The van der Waals surface area contributed by atoms with Crippen LogP contribution in [0.15, 0.2) is 0 Å². The van der Waals surface area contributed by atoms with E-state index in [2.05, 4.69) is 5.32 Å². The third kappa shape index (κ3) is 4.66. The highest BCUT2D eigenvalue weighted by atomic mass is 15.6. The number of nitrogens with two attached hydrogens (primary N) is 2. The van der Waals surface area contributed by atoms with Gasteiger partial charge in [0.25, 0.3) is 0 Å². The standard InChI is InChI=1S/C5H17N5/c1-3-9(6)5-10(7)4-8-2/h8H,3-7H2,1-2H3. The van der Waals surface area contributed by atoms with E-state index in [1.165, 1.54) is 0 Å². The van der Waals surface area contributed by atoms with Crippen molar-refractivity contribution in [3.05, 3.63) is 0 Å². The average Bonchev–Trinajstić information content (AvgIpc) is 1.88. The summed E-state index contributed by atoms with van der Waals surface area (Å²) >= 11 is 0. The Labute approximate surface area is 61.9 Å². The third-order valence-electron chi connectivity index (χ3n) is 1.13. The second-order valence-corrected chi connectivity index (χ2v) is 2.15. The van der Waals surface area contributed by atoms with Crippen molar-refractivity contribution < 1.29 is 0 Å². The maximum Gasteiger partial charge on any atom is 0.0791 e. The van der Waals surface area contributed by atoms with E-state index in [1.54, 1.807) is 10.0 Å². The molecule has 0 bridgehead atoms. The SMILES string of the molecule is CCN(N)CN(N)CNC. The van der Waals surface area contributed by atoms with Gasteiger partial charge < -0.3 is 5.32 Å². The number of nitrogens with one attached hydrogen (secondary N) is 1. The van der Waals surface area contributed by atoms with E-state index in [1.807, 2.05) is 14.0 Å². The van der Waals surface area contributed by atoms with E-state index >= 15 is 0 Å². The Morgan fingerprint density at radius 2 is 1.90 bits per heavy atom. The van der Waals surface area contributed by atoms with Gasteiger partial charge in [0.05, 0.1) is 13.3 Å². The number of hydrazine groups is 2. The van der Waals surface area contributed by atoms with Gasteiger partial charge in [-0.05, 0) is 7.05 Å². The minimum Gasteiger partial charge on any atom is -0.306 e. The molecule has 0 saturated heterocycles. The zero-order valence-corrected chi connectivity index (χ0v) is 6.67. The van der Waals surface area contributed by atoms with E-state index < -0.39 is 0 Å². The first kappa shape index (κ1) is 9.80. The van der Waals surface area contributed by atoms with Crippen molar-refractivity contribution in [3.8, 4) is 0 Å². The van der Waals surface area contributed by atoms with Crippen LogP contribution in [0.25, 0.3) is 0 Å². The molecule has 0 aromatic rings. The van der Waals surface area contributed by atoms with Gasteiger partial charge in [0.2, 0.25) is 0 Å². The van der Waals surface area contributed by atoms with Crippen molar-refractivity contribution >= 4 is 0 Å². The molecule has 5 heteroatoms. The largest absolute Gasteiger partial charge is 0.306 e. The van der Waals surface area contributed by atoms with Crippen LogP contribution < -0.4 is 17.0 Å². The van der Waals surface area contributed by atoms with Crippen molar-refractivity contribution in [1.29, 1.82) is 0 Å². The molecule has 0 unspecified atom stereocenters. The molecule has 0 aliphatic rings. The maximum absolute atomic E-state index is 5.51. The summed E-state index contributed by atoms with van der Waals surface area (Å²) in [6.45, 7) is 4.01. The monoisotopic (exact) mass is 147 g/mol. The van der Waals surface area contributed by atoms with E-state index in [0.29, 0.717) is 13.3 Å². The highest BCUT2D eigenvalue weighted by Crippen LogP contribution is 1.77. The van der Waals surface area contributed by atoms with E-state index in [-0.39, 0.29) is 0 Å². The lowest BCUT2D eigenvalue weighted by Gasteiger charge is -2.21. The molecule has 0 radical (unpaired) electrons. The van der Waals surface area contributed by atoms with E-state index in [0.717, 1.165) is 6.54 Å². The molecule has 0 amide bonds. The molecular formula is C5H17N5. The summed E-state index contributed by atoms with van der Waals surface area (Å²) in [4.78, 5) is 0. The van der Waals surface area contributed by atoms with Gasteiger partial charge in [0.1, 0.15) is 0 Å². The normalized spacial score (nSPS) is 11.4. The van der Waals surface area contributed by atoms with Gasteiger partial charge >= 0.3 is 0 Å². The summed E-state index contributed by atoms with van der Waals surface area (Å²) in [5.74, 6) is 11.0. The molecule has 0 aromatic carbocycles. The molecule has 10 heavy (non-hydrogen) atoms. The lowest BCUT2D eigenvalue weighted by molar-refractivity contribution is 0.132. The summed E-state index contributed by atoms with van der Waals surface area (Å²) in [5, 5.41) is 6.15. The molecule has 62 valence electrons. The molecule has 0 saturated carbocycles. The number of hydrogen-bond donors (Lipinski definition) is 3. The van der Waals surface area contributed by atoms with Crippen molar-refractivity contribution in [2.45, 2.75) is 6.92 Å². The van der Waals surface area contributed by atoms with Gasteiger partial charge in [-0.2, -0.15) is 0 Å². The molecule has 5 nitrogen and oxygen atoms in total. The van der Waals surface area contributed by atoms with Crippen LogP contribution in [-0.4, -0.2) is 36.9 Å². The molecule has 0 heterocycles. The highest BCUT2D eigenvalue weighted by molar-refractivity contribution is 4.42. The minimum atomic E-state index is 0.581. The van der Waals surface area contributed by atoms with Crippen LogP contribution in [-0.2, 0) is 0 Å². The summed E-state index contributed by atoms with van der Waals surface area (Å²) < 4.78 is 0. The molecule has 0 fully saturated rings. The van der Waals surface area contributed by atoms with Gasteiger partial charge in [0, 0.05) is 6.54 Å². The van der Waals surface area contributed by atoms with Crippen LogP contribution in [0.5, 0.6) is 0 Å². The summed E-state index contributed by atoms with van der Waals surface area (Å²) in [7, 11) is 1.84. The average molecular weight is 147 g/mol. The summed E-state index contributed by atoms with van der Waals surface area (Å²) in [6.07, 6.45) is 0. The fourth-order valence-corrected chi connectivity index (χ4v) is 0.586. The van der Waals surface area contributed by atoms with Crippen LogP contribution in [0.3, 0.4) is 0 Å². The van der Waals surface area contributed by atoms with Crippen molar-refractivity contribution in [3.63, 3.8) is 0 Å². The number of hydrogen-bond acceptors (Lipinski definition) is 5. The lowest BCUT2D eigenvalue weighted by Crippen LogP contribution is -2.48. The van der Waals surface area contributed by atoms with Crippen LogP contribution in [0.1, 0.15) is 6.92 Å². The van der Waals surface area contributed by atoms with Gasteiger partial charge in [-0.25, -0.2) is 10.0 Å². The van der Waals surface area contributed by atoms with Gasteiger partial charge in [-0.15, -0.1) is 0 Å². The fourth-order valence-electron chi connectivity index (χ4n) is 0.586. The molecule has 0 rings (SSSR count). The first-order valence-electron chi connectivity index (χ1n) is 3.34. The molecule has 0 spiro atoms. The number of rotatable bonds is 5. The van der Waals surface area contributed by atoms with Crippen molar-refractivity contribution in [2.24, 2.45) is 11.7 Å². The van der Waals surface area contributed by atoms with Gasteiger partial charge in [0.15, 0.2) is 0 Å². The molecular weight excluding hydrogens is 130 g/mol. The predicted molar refractivity (Wildman–Crippen MR) is 41.4 cm³/mol. The second-order valence-electron chi connectivity index (χ2n) is 2.15. The molecule has 5 N–H and O–H groups in total. The predicted octanol–water partition coefficient (Wildman–Crippen LogP) is -1.51. The Morgan fingerprint density at radius 3 is 2.30 bits per heavy atom. The van der Waals surface area contributed by atoms with Crippen LogP contribution in [0.4, 0.5) is 0 Å². The fraction of sp³-hybridized carbons (Fsp3) is 1.00. The highest BCUT2D eigenvalue weighted by Gasteiger charge is 1.99. The smallest absolute Gasteiger partial charge is 0.0791 e. The molecule has 0 atom stereocenters. The number of nitrogens with zero attached hydrogens (tertiary/aromatic N) is 2. The maximum atomic E-state index is 5.51. The zero-order valence-electron chi connectivity index (χ0n) is 6.67. The molecule has 0 aliphatic carbocycles. The molecule has 0 aliphatic heterocycles. The third-order valence-corrected chi connectivity index (χ3v) is 1.13. The second kappa shape index (κ2) is 5.57. The van der Waals surface area contributed by atoms with E-state index in [9.17, 15) is 0 Å². The zero-order chi connectivity index (χ0) is 7.98. The van der Waals surface area contributed by atoms with Crippen molar-refractivity contribution in [1.82, 2.24) is 15.3 Å². The van der Waals surface area contributed by atoms with Crippen LogP contribution in [0, 0.1) is 0 Å². The minimum absolute atomic E-state index is 0.581. The Hall–Kier alpha value is -0.200. The van der Waals surface area contributed by atoms with Crippen LogP contribution in [0.2, 0.25) is 0 Å². The van der Waals surface area contributed by atoms with E-state index in [4.69, 9.17) is 11.7 Å². The summed E-state index contributed by atoms with van der Waals surface area (Å²) in [6, 6.07) is 0. The Balaban J connectivity index is 3.27. The Bertz CT molecular complexity index is 76.4. The first-order chi connectivity index (χ1) is 4.70.